The van der Waals surface area contributed by atoms with Gasteiger partial charge in [-0.3, -0.25) is 4.98 Å². The Kier molecular flexibility index (Phi) is 5.99. The van der Waals surface area contributed by atoms with Crippen LogP contribution in [-0.4, -0.2) is 17.2 Å². The first kappa shape index (κ1) is 12.3. The third-order valence-electron chi connectivity index (χ3n) is 1.22. The van der Waals surface area contributed by atoms with Gasteiger partial charge in [0.15, 0.2) is 0 Å². The van der Waals surface area contributed by atoms with Crippen LogP contribution in [-0.2, 0) is 9.59 Å². The van der Waals surface area contributed by atoms with Gasteiger partial charge in [0.1, 0.15) is 5.75 Å². The van der Waals surface area contributed by atoms with E-state index in [1.54, 1.807) is 6.20 Å². The fourth-order valence-corrected chi connectivity index (χ4v) is 0.864. The zero-order valence-corrected chi connectivity index (χ0v) is 8.48. The normalized spacial score (nSPS) is 8.57. The van der Waals surface area contributed by atoms with E-state index >= 15 is 0 Å². The van der Waals surface area contributed by atoms with Gasteiger partial charge in [-0.05, 0) is 32.4 Å². The minimum Gasteiger partial charge on any atom is -0.489 e. The topological polar surface area (TPSA) is 56.3 Å². The number of carbonyl (C=O) groups excluding carboxylic acids is 2. The SMILES string of the molecule is Cc1cncc(OC(C)C)c1.O=C=O. The number of rotatable bonds is 2. The van der Waals surface area contributed by atoms with Crippen LogP contribution in [0.2, 0.25) is 0 Å². The smallest absolute Gasteiger partial charge is 0.373 e. The first-order valence-electron chi connectivity index (χ1n) is 4.17. The molecule has 0 aromatic carbocycles. The van der Waals surface area contributed by atoms with Crippen molar-refractivity contribution in [1.82, 2.24) is 4.98 Å². The summed E-state index contributed by atoms with van der Waals surface area (Å²) in [7, 11) is 0. The Bertz CT molecular complexity index is 304. The predicted molar refractivity (Wildman–Crippen MR) is 49.7 cm³/mol. The predicted octanol–water partition coefficient (Wildman–Crippen LogP) is 1.59. The molecule has 0 radical (unpaired) electrons. The van der Waals surface area contributed by atoms with Crippen LogP contribution in [0.25, 0.3) is 0 Å². The van der Waals surface area contributed by atoms with Gasteiger partial charge in [-0.15, -0.1) is 0 Å². The van der Waals surface area contributed by atoms with Crippen LogP contribution in [0.5, 0.6) is 5.75 Å². The maximum atomic E-state index is 8.12. The van der Waals surface area contributed by atoms with Gasteiger partial charge < -0.3 is 4.74 Å². The van der Waals surface area contributed by atoms with Gasteiger partial charge >= 0.3 is 6.15 Å². The molecule has 0 amide bonds. The zero-order valence-electron chi connectivity index (χ0n) is 8.48. The Hall–Kier alpha value is -1.67. The molecule has 0 bridgehead atoms. The second kappa shape index (κ2) is 6.80. The number of pyridine rings is 1. The van der Waals surface area contributed by atoms with Gasteiger partial charge in [0.05, 0.1) is 12.3 Å². The van der Waals surface area contributed by atoms with Crippen LogP contribution in [0, 0.1) is 6.92 Å². The first-order chi connectivity index (χ1) is 6.60. The Morgan fingerprint density at radius 3 is 2.36 bits per heavy atom. The van der Waals surface area contributed by atoms with Gasteiger partial charge in [-0.2, -0.15) is 9.59 Å². The summed E-state index contributed by atoms with van der Waals surface area (Å²) in [4.78, 5) is 20.3. The molecule has 14 heavy (non-hydrogen) atoms. The minimum absolute atomic E-state index is 0.221. The highest BCUT2D eigenvalue weighted by Crippen LogP contribution is 2.11. The van der Waals surface area contributed by atoms with Crippen molar-refractivity contribution in [2.24, 2.45) is 0 Å². The van der Waals surface area contributed by atoms with Gasteiger partial charge in [-0.1, -0.05) is 0 Å². The van der Waals surface area contributed by atoms with Gasteiger partial charge in [0.2, 0.25) is 0 Å². The highest BCUT2D eigenvalue weighted by atomic mass is 16.5. The van der Waals surface area contributed by atoms with Crippen LogP contribution < -0.4 is 4.74 Å². The molecule has 1 rings (SSSR count). The molecule has 1 aromatic heterocycles. The highest BCUT2D eigenvalue weighted by molar-refractivity contribution is 5.22. The first-order valence-corrected chi connectivity index (χ1v) is 4.17. The van der Waals surface area contributed by atoms with E-state index in [-0.39, 0.29) is 12.3 Å². The summed E-state index contributed by atoms with van der Waals surface area (Å²) in [6.07, 6.45) is 4.01. The lowest BCUT2D eigenvalue weighted by Crippen LogP contribution is -2.05. The summed E-state index contributed by atoms with van der Waals surface area (Å²) in [6, 6.07) is 1.98. The number of aryl methyl sites for hydroxylation is 1. The minimum atomic E-state index is 0.221. The van der Waals surface area contributed by atoms with Crippen LogP contribution in [0.1, 0.15) is 19.4 Å². The van der Waals surface area contributed by atoms with Crippen molar-refractivity contribution in [3.8, 4) is 5.75 Å². The largest absolute Gasteiger partial charge is 0.489 e. The number of hydrogen-bond acceptors (Lipinski definition) is 4. The maximum Gasteiger partial charge on any atom is 0.373 e. The van der Waals surface area contributed by atoms with Crippen molar-refractivity contribution in [1.29, 1.82) is 0 Å². The van der Waals surface area contributed by atoms with Crippen molar-refractivity contribution in [2.45, 2.75) is 26.9 Å². The second-order valence-corrected chi connectivity index (χ2v) is 2.95. The molecule has 0 saturated heterocycles. The molecular weight excluding hydrogens is 182 g/mol. The molecule has 4 heteroatoms. The van der Waals surface area contributed by atoms with E-state index in [9.17, 15) is 0 Å². The number of ether oxygens (including phenoxy) is 1. The highest BCUT2D eigenvalue weighted by Gasteiger charge is 1.96. The molecular formula is C10H13NO3. The maximum absolute atomic E-state index is 8.12. The molecule has 0 fully saturated rings. The van der Waals surface area contributed by atoms with E-state index in [4.69, 9.17) is 14.3 Å². The third-order valence-corrected chi connectivity index (χ3v) is 1.22. The molecule has 76 valence electrons. The summed E-state index contributed by atoms with van der Waals surface area (Å²) in [6.45, 7) is 6.00. The van der Waals surface area contributed by atoms with Crippen molar-refractivity contribution in [3.05, 3.63) is 24.0 Å². The third kappa shape index (κ3) is 5.91. The summed E-state index contributed by atoms with van der Waals surface area (Å²) in [5, 5.41) is 0. The number of hydrogen-bond donors (Lipinski definition) is 0. The molecule has 0 unspecified atom stereocenters. The number of aromatic nitrogens is 1. The van der Waals surface area contributed by atoms with Crippen molar-refractivity contribution >= 4 is 6.15 Å². The Morgan fingerprint density at radius 1 is 1.36 bits per heavy atom. The fraction of sp³-hybridized carbons (Fsp3) is 0.400. The lowest BCUT2D eigenvalue weighted by atomic mass is 10.3. The van der Waals surface area contributed by atoms with E-state index in [2.05, 4.69) is 4.98 Å². The summed E-state index contributed by atoms with van der Waals surface area (Å²) in [5.41, 5.74) is 1.13. The molecule has 4 nitrogen and oxygen atoms in total. The molecule has 1 aromatic rings. The zero-order chi connectivity index (χ0) is 11.0. The second-order valence-electron chi connectivity index (χ2n) is 2.95. The van der Waals surface area contributed by atoms with Gasteiger partial charge in [0.25, 0.3) is 0 Å². The average molecular weight is 195 g/mol. The summed E-state index contributed by atoms with van der Waals surface area (Å²) < 4.78 is 5.43. The molecule has 0 aliphatic carbocycles. The summed E-state index contributed by atoms with van der Waals surface area (Å²) in [5.74, 6) is 0.847. The quantitative estimate of drug-likeness (QED) is 0.719. The molecule has 0 saturated carbocycles. The van der Waals surface area contributed by atoms with E-state index < -0.39 is 0 Å². The summed E-state index contributed by atoms with van der Waals surface area (Å²) >= 11 is 0. The Balaban J connectivity index is 0.000000500. The monoisotopic (exact) mass is 195 g/mol. The van der Waals surface area contributed by atoms with E-state index in [0.29, 0.717) is 0 Å². The molecule has 0 spiro atoms. The standard InChI is InChI=1S/C9H13NO.CO2/c1-7(2)11-9-4-8(3)5-10-6-9;2-1-3/h4-7H,1-3H3;. The van der Waals surface area contributed by atoms with Crippen LogP contribution in [0.4, 0.5) is 0 Å². The van der Waals surface area contributed by atoms with E-state index in [1.807, 2.05) is 33.0 Å². The Morgan fingerprint density at radius 2 is 1.93 bits per heavy atom. The van der Waals surface area contributed by atoms with Gasteiger partial charge in [-0.25, -0.2) is 0 Å². The van der Waals surface area contributed by atoms with E-state index in [1.165, 1.54) is 0 Å². The van der Waals surface area contributed by atoms with Crippen LogP contribution >= 0.6 is 0 Å². The van der Waals surface area contributed by atoms with E-state index in [0.717, 1.165) is 11.3 Å². The molecule has 0 N–H and O–H groups in total. The molecule has 0 atom stereocenters. The Labute approximate surface area is 82.9 Å². The van der Waals surface area contributed by atoms with Crippen LogP contribution in [0.3, 0.4) is 0 Å². The van der Waals surface area contributed by atoms with Crippen molar-refractivity contribution < 1.29 is 14.3 Å². The lowest BCUT2D eigenvalue weighted by Gasteiger charge is -2.08. The van der Waals surface area contributed by atoms with Crippen LogP contribution in [0.15, 0.2) is 18.5 Å². The molecule has 0 aliphatic rings. The van der Waals surface area contributed by atoms with Crippen molar-refractivity contribution in [3.63, 3.8) is 0 Å². The lowest BCUT2D eigenvalue weighted by molar-refractivity contribution is -0.191. The molecule has 1 heterocycles. The molecule has 0 aliphatic heterocycles. The number of nitrogens with zero attached hydrogens (tertiary/aromatic N) is 1. The average Bonchev–Trinajstić information content (AvgIpc) is 2.03. The van der Waals surface area contributed by atoms with Gasteiger partial charge in [0, 0.05) is 6.20 Å². The fourth-order valence-electron chi connectivity index (χ4n) is 0.864. The van der Waals surface area contributed by atoms with Crippen molar-refractivity contribution in [2.75, 3.05) is 0 Å².